The molecule has 0 aromatic heterocycles. The Balaban J connectivity index is 1.91. The van der Waals surface area contributed by atoms with E-state index in [4.69, 9.17) is 16.3 Å². The van der Waals surface area contributed by atoms with E-state index >= 15 is 0 Å². The van der Waals surface area contributed by atoms with Gasteiger partial charge in [-0.25, -0.2) is 8.42 Å². The number of sulfone groups is 1. The van der Waals surface area contributed by atoms with Gasteiger partial charge in [0.05, 0.1) is 30.0 Å². The number of halogens is 1. The number of amides is 1. The van der Waals surface area contributed by atoms with Crippen LogP contribution in [0.4, 0.5) is 5.69 Å². The van der Waals surface area contributed by atoms with E-state index in [9.17, 15) is 13.2 Å². The topological polar surface area (TPSA) is 75.7 Å². The average Bonchev–Trinajstić information content (AvgIpc) is 2.61. The third kappa shape index (κ3) is 5.72. The summed E-state index contributed by atoms with van der Waals surface area (Å²) < 4.78 is 29.7. The molecule has 0 atom stereocenters. The molecule has 6 nitrogen and oxygen atoms in total. The lowest BCUT2D eigenvalue weighted by Gasteiger charge is -2.17. The van der Waals surface area contributed by atoms with Crippen LogP contribution in [0.3, 0.4) is 0 Å². The van der Waals surface area contributed by atoms with Gasteiger partial charge in [0, 0.05) is 11.6 Å². The number of anilines is 1. The van der Waals surface area contributed by atoms with E-state index in [0.717, 1.165) is 0 Å². The van der Waals surface area contributed by atoms with Crippen molar-refractivity contribution in [2.24, 2.45) is 0 Å². The highest BCUT2D eigenvalue weighted by atomic mass is 35.5. The molecule has 0 aliphatic rings. The fraction of sp³-hybridized carbons (Fsp3) is 0.278. The molecule has 2 aromatic rings. The van der Waals surface area contributed by atoms with E-state index < -0.39 is 9.84 Å². The Labute approximate surface area is 158 Å². The summed E-state index contributed by atoms with van der Waals surface area (Å²) in [6.07, 6.45) is 0. The number of hydrogen-bond donors (Lipinski definition) is 1. The number of hydrogen-bond acceptors (Lipinski definition) is 5. The zero-order valence-electron chi connectivity index (χ0n) is 14.6. The number of ether oxygens (including phenoxy) is 1. The predicted molar refractivity (Wildman–Crippen MR) is 103 cm³/mol. The van der Waals surface area contributed by atoms with Crippen molar-refractivity contribution in [1.82, 2.24) is 4.90 Å². The van der Waals surface area contributed by atoms with Crippen molar-refractivity contribution in [2.75, 3.05) is 38.3 Å². The monoisotopic (exact) mass is 396 g/mol. The summed E-state index contributed by atoms with van der Waals surface area (Å²) in [4.78, 5) is 14.1. The van der Waals surface area contributed by atoms with Crippen LogP contribution >= 0.6 is 11.6 Å². The van der Waals surface area contributed by atoms with Crippen LogP contribution in [0.2, 0.25) is 5.02 Å². The second kappa shape index (κ2) is 9.02. The first-order valence-electron chi connectivity index (χ1n) is 7.91. The number of benzene rings is 2. The Hall–Kier alpha value is -2.09. The largest absolute Gasteiger partial charge is 0.495 e. The van der Waals surface area contributed by atoms with E-state index in [1.54, 1.807) is 60.5 Å². The third-order valence-electron chi connectivity index (χ3n) is 3.69. The normalized spacial score (nSPS) is 11.4. The Morgan fingerprint density at radius 1 is 1.19 bits per heavy atom. The van der Waals surface area contributed by atoms with E-state index in [1.807, 2.05) is 0 Å². The molecule has 2 rings (SSSR count). The molecular formula is C18H21ClN2O4S. The molecule has 26 heavy (non-hydrogen) atoms. The molecule has 0 radical (unpaired) electrons. The standard InChI is InChI=1S/C18H21ClN2O4S/c1-21(10-11-26(23,24)15-6-4-3-5-7-15)13-18(22)20-16-12-14(19)8-9-17(16)25-2/h3-9,12H,10-11,13H2,1-2H3,(H,20,22). The first kappa shape index (κ1) is 20.2. The van der Waals surface area contributed by atoms with Crippen molar-refractivity contribution < 1.29 is 17.9 Å². The number of likely N-dealkylation sites (N-methyl/N-ethyl adjacent to an activating group) is 1. The minimum atomic E-state index is -3.38. The van der Waals surface area contributed by atoms with Crippen LogP contribution < -0.4 is 10.1 Å². The highest BCUT2D eigenvalue weighted by Gasteiger charge is 2.16. The summed E-state index contributed by atoms with van der Waals surface area (Å²) in [5.41, 5.74) is 0.468. The molecule has 0 aliphatic heterocycles. The maximum Gasteiger partial charge on any atom is 0.238 e. The minimum absolute atomic E-state index is 0.0416. The zero-order chi connectivity index (χ0) is 19.2. The number of carbonyl (C=O) groups excluding carboxylic acids is 1. The summed E-state index contributed by atoms with van der Waals surface area (Å²) in [7, 11) is -0.188. The summed E-state index contributed by atoms with van der Waals surface area (Å²) >= 11 is 5.94. The molecule has 8 heteroatoms. The van der Waals surface area contributed by atoms with Gasteiger partial charge in [-0.2, -0.15) is 0 Å². The van der Waals surface area contributed by atoms with Crippen molar-refractivity contribution in [2.45, 2.75) is 4.90 Å². The third-order valence-corrected chi connectivity index (χ3v) is 5.64. The van der Waals surface area contributed by atoms with E-state index in [1.165, 1.54) is 7.11 Å². The molecular weight excluding hydrogens is 376 g/mol. The van der Waals surface area contributed by atoms with Crippen LogP contribution in [0.25, 0.3) is 0 Å². The highest BCUT2D eigenvalue weighted by Crippen LogP contribution is 2.27. The van der Waals surface area contributed by atoms with Gasteiger partial charge in [0.15, 0.2) is 9.84 Å². The zero-order valence-corrected chi connectivity index (χ0v) is 16.2. The van der Waals surface area contributed by atoms with Gasteiger partial charge in [0.1, 0.15) is 5.75 Å². The van der Waals surface area contributed by atoms with Crippen LogP contribution in [-0.2, 0) is 14.6 Å². The SMILES string of the molecule is COc1ccc(Cl)cc1NC(=O)CN(C)CCS(=O)(=O)c1ccccc1. The van der Waals surface area contributed by atoms with Gasteiger partial charge in [-0.3, -0.25) is 9.69 Å². The molecule has 0 saturated carbocycles. The van der Waals surface area contributed by atoms with Gasteiger partial charge in [0.25, 0.3) is 0 Å². The molecule has 140 valence electrons. The lowest BCUT2D eigenvalue weighted by atomic mass is 10.3. The second-order valence-corrected chi connectivity index (χ2v) is 8.31. The van der Waals surface area contributed by atoms with Crippen molar-refractivity contribution >= 4 is 33.0 Å². The molecule has 1 N–H and O–H groups in total. The first-order valence-corrected chi connectivity index (χ1v) is 9.94. The van der Waals surface area contributed by atoms with Crippen molar-refractivity contribution in [1.29, 1.82) is 0 Å². The second-order valence-electron chi connectivity index (χ2n) is 5.76. The van der Waals surface area contributed by atoms with Crippen LogP contribution in [0.5, 0.6) is 5.75 Å². The summed E-state index contributed by atoms with van der Waals surface area (Å²) in [6, 6.07) is 13.2. The fourth-order valence-corrected chi connectivity index (χ4v) is 3.85. The summed E-state index contributed by atoms with van der Waals surface area (Å²) in [5.74, 6) is 0.142. The molecule has 0 bridgehead atoms. The molecule has 2 aromatic carbocycles. The molecule has 1 amide bonds. The van der Waals surface area contributed by atoms with Crippen LogP contribution in [0.1, 0.15) is 0 Å². The number of nitrogens with one attached hydrogen (secondary N) is 1. The lowest BCUT2D eigenvalue weighted by molar-refractivity contribution is -0.117. The Morgan fingerprint density at radius 3 is 2.54 bits per heavy atom. The average molecular weight is 397 g/mol. The number of methoxy groups -OCH3 is 1. The van der Waals surface area contributed by atoms with Crippen molar-refractivity contribution in [3.8, 4) is 5.75 Å². The van der Waals surface area contributed by atoms with Gasteiger partial charge >= 0.3 is 0 Å². The maximum atomic E-state index is 12.3. The van der Waals surface area contributed by atoms with E-state index in [-0.39, 0.29) is 29.6 Å². The maximum absolute atomic E-state index is 12.3. The molecule has 0 saturated heterocycles. The molecule has 0 spiro atoms. The van der Waals surface area contributed by atoms with Gasteiger partial charge < -0.3 is 10.1 Å². The first-order chi connectivity index (χ1) is 12.3. The molecule has 0 heterocycles. The predicted octanol–water partition coefficient (Wildman–Crippen LogP) is 2.69. The Morgan fingerprint density at radius 2 is 1.88 bits per heavy atom. The van der Waals surface area contributed by atoms with E-state index in [0.29, 0.717) is 16.5 Å². The van der Waals surface area contributed by atoms with Crippen LogP contribution in [0.15, 0.2) is 53.4 Å². The van der Waals surface area contributed by atoms with Crippen molar-refractivity contribution in [3.05, 3.63) is 53.6 Å². The highest BCUT2D eigenvalue weighted by molar-refractivity contribution is 7.91. The van der Waals surface area contributed by atoms with Crippen LogP contribution in [-0.4, -0.2) is 52.2 Å². The smallest absolute Gasteiger partial charge is 0.238 e. The lowest BCUT2D eigenvalue weighted by Crippen LogP contribution is -2.33. The Kier molecular flexibility index (Phi) is 7.02. The number of nitrogens with zero attached hydrogens (tertiary/aromatic N) is 1. The fourth-order valence-electron chi connectivity index (χ4n) is 2.31. The summed E-state index contributed by atoms with van der Waals surface area (Å²) in [6.45, 7) is 0.275. The minimum Gasteiger partial charge on any atom is -0.495 e. The Bertz CT molecular complexity index is 857. The van der Waals surface area contributed by atoms with Gasteiger partial charge in [-0.05, 0) is 37.4 Å². The van der Waals surface area contributed by atoms with Gasteiger partial charge in [0.2, 0.25) is 5.91 Å². The van der Waals surface area contributed by atoms with E-state index in [2.05, 4.69) is 5.32 Å². The van der Waals surface area contributed by atoms with Gasteiger partial charge in [-0.1, -0.05) is 29.8 Å². The van der Waals surface area contributed by atoms with Crippen molar-refractivity contribution in [3.63, 3.8) is 0 Å². The van der Waals surface area contributed by atoms with Gasteiger partial charge in [-0.15, -0.1) is 0 Å². The number of rotatable bonds is 8. The molecule has 0 unspecified atom stereocenters. The molecule has 0 fully saturated rings. The summed E-state index contributed by atoms with van der Waals surface area (Å²) in [5, 5.41) is 3.20. The quantitative estimate of drug-likeness (QED) is 0.742. The number of carbonyl (C=O) groups is 1. The van der Waals surface area contributed by atoms with Crippen LogP contribution in [0, 0.1) is 0 Å². The molecule has 0 aliphatic carbocycles.